The van der Waals surface area contributed by atoms with Crippen LogP contribution in [0.1, 0.15) is 33.3 Å². The number of H-pyrrole nitrogens is 1. The molecule has 1 saturated heterocycles. The quantitative estimate of drug-likeness (QED) is 0.856. The summed E-state index contributed by atoms with van der Waals surface area (Å²) in [4.78, 5) is 16.1. The Hall–Kier alpha value is -1.72. The second-order valence-corrected chi connectivity index (χ2v) is 6.37. The first-order chi connectivity index (χ1) is 9.28. The lowest BCUT2D eigenvalue weighted by atomic mass is 10.1. The maximum atomic E-state index is 12.1. The zero-order valence-electron chi connectivity index (χ0n) is 12.9. The van der Waals surface area contributed by atoms with Crippen molar-refractivity contribution in [1.82, 2.24) is 15.1 Å². The van der Waals surface area contributed by atoms with Crippen LogP contribution in [-0.2, 0) is 4.74 Å². The molecule has 0 spiro atoms. The van der Waals surface area contributed by atoms with Gasteiger partial charge in [-0.25, -0.2) is 4.79 Å². The Morgan fingerprint density at radius 2 is 2.15 bits per heavy atom. The zero-order chi connectivity index (χ0) is 14.9. The molecule has 2 rings (SSSR count). The van der Waals surface area contributed by atoms with Gasteiger partial charge in [0.25, 0.3) is 0 Å². The fourth-order valence-electron chi connectivity index (χ4n) is 2.41. The van der Waals surface area contributed by atoms with Gasteiger partial charge in [0.1, 0.15) is 11.4 Å². The predicted molar refractivity (Wildman–Crippen MR) is 77.9 cm³/mol. The average Bonchev–Trinajstić information content (AvgIpc) is 2.73. The first-order valence-electron chi connectivity index (χ1n) is 7.02. The van der Waals surface area contributed by atoms with Crippen LogP contribution in [0.5, 0.6) is 0 Å². The minimum absolute atomic E-state index is 0.231. The molecule has 2 heterocycles. The molecular weight excluding hydrogens is 256 g/mol. The number of nitrogens with one attached hydrogen (secondary N) is 1. The highest BCUT2D eigenvalue weighted by Gasteiger charge is 2.30. The van der Waals surface area contributed by atoms with Gasteiger partial charge in [-0.2, -0.15) is 5.10 Å². The van der Waals surface area contributed by atoms with Crippen LogP contribution in [0, 0.1) is 6.92 Å². The number of hydrogen-bond acceptors (Lipinski definition) is 4. The number of carbonyl (C=O) groups excluding carboxylic acids is 1. The number of aryl methyl sites for hydroxylation is 1. The van der Waals surface area contributed by atoms with E-state index in [1.54, 1.807) is 4.90 Å². The summed E-state index contributed by atoms with van der Waals surface area (Å²) in [5.41, 5.74) is 0.680. The molecule has 1 aromatic rings. The summed E-state index contributed by atoms with van der Waals surface area (Å²) in [5, 5.41) is 7.09. The van der Waals surface area contributed by atoms with Crippen molar-refractivity contribution in [2.24, 2.45) is 0 Å². The normalized spacial score (nSPS) is 20.1. The number of carbonyl (C=O) groups is 1. The van der Waals surface area contributed by atoms with Crippen molar-refractivity contribution >= 4 is 11.9 Å². The van der Waals surface area contributed by atoms with E-state index in [0.717, 1.165) is 17.9 Å². The third kappa shape index (κ3) is 3.23. The molecule has 1 atom stereocenters. The highest BCUT2D eigenvalue weighted by atomic mass is 16.6. The summed E-state index contributed by atoms with van der Waals surface area (Å²) in [6.45, 7) is 11.9. The number of aromatic nitrogens is 2. The molecule has 0 radical (unpaired) electrons. The summed E-state index contributed by atoms with van der Waals surface area (Å²) < 4.78 is 5.42. The van der Waals surface area contributed by atoms with Crippen LogP contribution in [-0.4, -0.2) is 52.5 Å². The van der Waals surface area contributed by atoms with E-state index < -0.39 is 5.60 Å². The minimum atomic E-state index is -0.447. The number of piperazine rings is 1. The summed E-state index contributed by atoms with van der Waals surface area (Å²) >= 11 is 0. The molecule has 1 aliphatic heterocycles. The monoisotopic (exact) mass is 280 g/mol. The highest BCUT2D eigenvalue weighted by Crippen LogP contribution is 2.22. The van der Waals surface area contributed by atoms with Crippen LogP contribution in [0.3, 0.4) is 0 Å². The van der Waals surface area contributed by atoms with E-state index in [1.165, 1.54) is 0 Å². The second kappa shape index (κ2) is 5.34. The zero-order valence-corrected chi connectivity index (χ0v) is 12.9. The lowest BCUT2D eigenvalue weighted by Crippen LogP contribution is -2.54. The fraction of sp³-hybridized carbons (Fsp3) is 0.714. The number of ether oxygens (including phenoxy) is 1. The van der Waals surface area contributed by atoms with Gasteiger partial charge < -0.3 is 14.5 Å². The number of nitrogens with zero attached hydrogens (tertiary/aromatic N) is 3. The molecule has 6 heteroatoms. The fourth-order valence-corrected chi connectivity index (χ4v) is 2.41. The molecule has 0 aromatic carbocycles. The van der Waals surface area contributed by atoms with Gasteiger partial charge in [-0.05, 0) is 34.6 Å². The SMILES string of the molecule is Cc1cn[nH]c1N1CCN(C(=O)OC(C)(C)C)C[C@H]1C. The molecule has 1 fully saturated rings. The van der Waals surface area contributed by atoms with Gasteiger partial charge in [0.15, 0.2) is 0 Å². The first kappa shape index (κ1) is 14.7. The van der Waals surface area contributed by atoms with Gasteiger partial charge in [0, 0.05) is 31.2 Å². The molecule has 0 saturated carbocycles. The van der Waals surface area contributed by atoms with Crippen molar-refractivity contribution in [3.63, 3.8) is 0 Å². The van der Waals surface area contributed by atoms with Gasteiger partial charge >= 0.3 is 6.09 Å². The molecule has 1 N–H and O–H groups in total. The lowest BCUT2D eigenvalue weighted by Gasteiger charge is -2.40. The van der Waals surface area contributed by atoms with Gasteiger partial charge in [0.2, 0.25) is 0 Å². The molecule has 1 amide bonds. The van der Waals surface area contributed by atoms with Crippen LogP contribution in [0.25, 0.3) is 0 Å². The van der Waals surface area contributed by atoms with Crippen molar-refractivity contribution in [2.75, 3.05) is 24.5 Å². The topological polar surface area (TPSA) is 61.5 Å². The van der Waals surface area contributed by atoms with Crippen LogP contribution in [0.4, 0.5) is 10.6 Å². The summed E-state index contributed by atoms with van der Waals surface area (Å²) in [6, 6.07) is 0.232. The molecule has 20 heavy (non-hydrogen) atoms. The number of aromatic amines is 1. The predicted octanol–water partition coefficient (Wildman–Crippen LogP) is 2.16. The van der Waals surface area contributed by atoms with Crippen molar-refractivity contribution in [1.29, 1.82) is 0 Å². The number of amides is 1. The van der Waals surface area contributed by atoms with E-state index in [9.17, 15) is 4.79 Å². The largest absolute Gasteiger partial charge is 0.444 e. The first-order valence-corrected chi connectivity index (χ1v) is 7.02. The van der Waals surface area contributed by atoms with Crippen LogP contribution < -0.4 is 4.90 Å². The lowest BCUT2D eigenvalue weighted by molar-refractivity contribution is 0.0218. The number of hydrogen-bond donors (Lipinski definition) is 1. The van der Waals surface area contributed by atoms with Crippen LogP contribution >= 0.6 is 0 Å². The van der Waals surface area contributed by atoms with Crippen molar-refractivity contribution in [3.8, 4) is 0 Å². The summed E-state index contributed by atoms with van der Waals surface area (Å²) in [7, 11) is 0. The van der Waals surface area contributed by atoms with Gasteiger partial charge in [-0.15, -0.1) is 0 Å². The Kier molecular flexibility index (Phi) is 3.92. The molecule has 0 unspecified atom stereocenters. The van der Waals surface area contributed by atoms with E-state index in [2.05, 4.69) is 22.0 Å². The molecule has 0 bridgehead atoms. The van der Waals surface area contributed by atoms with Crippen LogP contribution in [0.2, 0.25) is 0 Å². The van der Waals surface area contributed by atoms with Crippen molar-refractivity contribution in [3.05, 3.63) is 11.8 Å². The molecule has 112 valence electrons. The van der Waals surface area contributed by atoms with E-state index in [0.29, 0.717) is 13.1 Å². The molecule has 0 aliphatic carbocycles. The maximum absolute atomic E-state index is 12.1. The Morgan fingerprint density at radius 3 is 2.65 bits per heavy atom. The highest BCUT2D eigenvalue weighted by molar-refractivity contribution is 5.68. The van der Waals surface area contributed by atoms with Gasteiger partial charge in [0.05, 0.1) is 6.20 Å². The van der Waals surface area contributed by atoms with Crippen LogP contribution in [0.15, 0.2) is 6.20 Å². The minimum Gasteiger partial charge on any atom is -0.444 e. The molecule has 1 aliphatic rings. The standard InChI is InChI=1S/C14H24N4O2/c1-10-8-15-16-12(10)18-7-6-17(9-11(18)2)13(19)20-14(3,4)5/h8,11H,6-7,9H2,1-5H3,(H,15,16)/t11-/m1/s1. The van der Waals surface area contributed by atoms with Gasteiger partial charge in [-0.3, -0.25) is 5.10 Å². The summed E-state index contributed by atoms with van der Waals surface area (Å²) in [5.74, 6) is 1.04. The Labute approximate surface area is 120 Å². The van der Waals surface area contributed by atoms with Crippen molar-refractivity contribution < 1.29 is 9.53 Å². The number of rotatable bonds is 1. The molecule has 1 aromatic heterocycles. The molecular formula is C14H24N4O2. The Morgan fingerprint density at radius 1 is 1.45 bits per heavy atom. The Balaban J connectivity index is 1.99. The summed E-state index contributed by atoms with van der Waals surface area (Å²) in [6.07, 6.45) is 1.59. The smallest absolute Gasteiger partial charge is 0.410 e. The second-order valence-electron chi connectivity index (χ2n) is 6.37. The van der Waals surface area contributed by atoms with E-state index >= 15 is 0 Å². The van der Waals surface area contributed by atoms with Crippen molar-refractivity contribution in [2.45, 2.75) is 46.3 Å². The average molecular weight is 280 g/mol. The number of anilines is 1. The van der Waals surface area contributed by atoms with Gasteiger partial charge in [-0.1, -0.05) is 0 Å². The third-order valence-corrected chi connectivity index (χ3v) is 3.37. The Bertz CT molecular complexity index is 478. The maximum Gasteiger partial charge on any atom is 0.410 e. The third-order valence-electron chi connectivity index (χ3n) is 3.37. The van der Waals surface area contributed by atoms with E-state index in [1.807, 2.05) is 33.9 Å². The molecule has 6 nitrogen and oxygen atoms in total. The van der Waals surface area contributed by atoms with E-state index in [4.69, 9.17) is 4.74 Å². The van der Waals surface area contributed by atoms with E-state index in [-0.39, 0.29) is 12.1 Å².